The molecule has 0 aliphatic rings. The van der Waals surface area contributed by atoms with Gasteiger partial charge in [0.25, 0.3) is 0 Å². The lowest BCUT2D eigenvalue weighted by Gasteiger charge is -2.12. The van der Waals surface area contributed by atoms with Gasteiger partial charge in [-0.1, -0.05) is 41.9 Å². The summed E-state index contributed by atoms with van der Waals surface area (Å²) >= 11 is 5.88. The minimum absolute atomic E-state index is 0.0315. The first-order valence-corrected chi connectivity index (χ1v) is 8.20. The molecule has 0 saturated carbocycles. The zero-order valence-electron chi connectivity index (χ0n) is 13.7. The maximum atomic E-state index is 12.6. The number of benzene rings is 3. The molecule has 0 N–H and O–H groups in total. The number of methoxy groups -OCH3 is 1. The fourth-order valence-electron chi connectivity index (χ4n) is 2.48. The zero-order chi connectivity index (χ0) is 17.6. The van der Waals surface area contributed by atoms with Crippen molar-refractivity contribution in [1.82, 2.24) is 0 Å². The maximum Gasteiger partial charge on any atom is 0.193 e. The van der Waals surface area contributed by atoms with Gasteiger partial charge >= 0.3 is 0 Å². The third-order valence-electron chi connectivity index (χ3n) is 3.79. The standard InChI is InChI=1S/C21H17ClO3/c1-24-20-12-7-16(21(23)15-5-3-2-4-6-15)13-17(20)14-25-19-10-8-18(22)9-11-19/h2-13H,14H2,1H3. The highest BCUT2D eigenvalue weighted by molar-refractivity contribution is 6.30. The molecule has 3 aromatic rings. The van der Waals surface area contributed by atoms with E-state index in [-0.39, 0.29) is 5.78 Å². The van der Waals surface area contributed by atoms with Crippen LogP contribution in [0.3, 0.4) is 0 Å². The van der Waals surface area contributed by atoms with Crippen molar-refractivity contribution in [3.63, 3.8) is 0 Å². The van der Waals surface area contributed by atoms with Crippen molar-refractivity contribution in [1.29, 1.82) is 0 Å². The molecule has 4 heteroatoms. The average Bonchev–Trinajstić information content (AvgIpc) is 2.67. The molecule has 0 aliphatic heterocycles. The van der Waals surface area contributed by atoms with E-state index in [1.54, 1.807) is 55.6 Å². The first kappa shape index (κ1) is 17.1. The van der Waals surface area contributed by atoms with Crippen LogP contribution in [0.5, 0.6) is 11.5 Å². The summed E-state index contributed by atoms with van der Waals surface area (Å²) in [5.74, 6) is 1.35. The summed E-state index contributed by atoms with van der Waals surface area (Å²) < 4.78 is 11.2. The van der Waals surface area contributed by atoms with Crippen molar-refractivity contribution in [2.45, 2.75) is 6.61 Å². The van der Waals surface area contributed by atoms with Crippen molar-refractivity contribution < 1.29 is 14.3 Å². The monoisotopic (exact) mass is 352 g/mol. The molecule has 0 heterocycles. The molecule has 0 bridgehead atoms. The quantitative estimate of drug-likeness (QED) is 0.575. The molecule has 0 spiro atoms. The van der Waals surface area contributed by atoms with Gasteiger partial charge in [0.2, 0.25) is 0 Å². The fraction of sp³-hybridized carbons (Fsp3) is 0.0952. The molecule has 126 valence electrons. The van der Waals surface area contributed by atoms with Crippen LogP contribution in [0.2, 0.25) is 5.02 Å². The number of hydrogen-bond donors (Lipinski definition) is 0. The van der Waals surface area contributed by atoms with Crippen molar-refractivity contribution >= 4 is 17.4 Å². The largest absolute Gasteiger partial charge is 0.496 e. The SMILES string of the molecule is COc1ccc(C(=O)c2ccccc2)cc1COc1ccc(Cl)cc1. The minimum atomic E-state index is -0.0315. The average molecular weight is 353 g/mol. The Morgan fingerprint density at radius 1 is 0.920 bits per heavy atom. The first-order chi connectivity index (χ1) is 12.2. The van der Waals surface area contributed by atoms with Gasteiger partial charge in [0.1, 0.15) is 18.1 Å². The van der Waals surface area contributed by atoms with Gasteiger partial charge in [0.15, 0.2) is 5.78 Å². The molecule has 0 aliphatic carbocycles. The van der Waals surface area contributed by atoms with E-state index in [9.17, 15) is 4.79 Å². The summed E-state index contributed by atoms with van der Waals surface area (Å²) in [6.07, 6.45) is 0. The van der Waals surface area contributed by atoms with Gasteiger partial charge < -0.3 is 9.47 Å². The normalized spacial score (nSPS) is 10.3. The Morgan fingerprint density at radius 2 is 1.64 bits per heavy atom. The zero-order valence-corrected chi connectivity index (χ0v) is 14.5. The number of rotatable bonds is 6. The highest BCUT2D eigenvalue weighted by Crippen LogP contribution is 2.24. The number of carbonyl (C=O) groups excluding carboxylic acids is 1. The van der Waals surface area contributed by atoms with E-state index in [1.165, 1.54) is 0 Å². The van der Waals surface area contributed by atoms with Crippen LogP contribution in [0.4, 0.5) is 0 Å². The van der Waals surface area contributed by atoms with E-state index >= 15 is 0 Å². The molecule has 0 atom stereocenters. The van der Waals surface area contributed by atoms with Gasteiger partial charge in [-0.25, -0.2) is 0 Å². The van der Waals surface area contributed by atoms with Crippen LogP contribution in [0.25, 0.3) is 0 Å². The Kier molecular flexibility index (Phi) is 5.36. The van der Waals surface area contributed by atoms with Crippen LogP contribution >= 0.6 is 11.6 Å². The van der Waals surface area contributed by atoms with E-state index in [2.05, 4.69) is 0 Å². The molecule has 0 aromatic heterocycles. The Morgan fingerprint density at radius 3 is 2.32 bits per heavy atom. The van der Waals surface area contributed by atoms with Gasteiger partial charge in [0.05, 0.1) is 7.11 Å². The lowest BCUT2D eigenvalue weighted by atomic mass is 10.0. The summed E-state index contributed by atoms with van der Waals surface area (Å²) in [5, 5.41) is 0.653. The number of carbonyl (C=O) groups is 1. The molecule has 0 radical (unpaired) electrons. The van der Waals surface area contributed by atoms with Crippen molar-refractivity contribution in [3.8, 4) is 11.5 Å². The summed E-state index contributed by atoms with van der Waals surface area (Å²) in [7, 11) is 1.60. The van der Waals surface area contributed by atoms with Crippen molar-refractivity contribution in [2.75, 3.05) is 7.11 Å². The van der Waals surface area contributed by atoms with Crippen LogP contribution in [0, 0.1) is 0 Å². The van der Waals surface area contributed by atoms with Crippen molar-refractivity contribution in [2.24, 2.45) is 0 Å². The summed E-state index contributed by atoms with van der Waals surface area (Å²) in [5.41, 5.74) is 2.05. The number of ether oxygens (including phenoxy) is 2. The van der Waals surface area contributed by atoms with E-state index in [1.807, 2.05) is 24.3 Å². The highest BCUT2D eigenvalue weighted by atomic mass is 35.5. The minimum Gasteiger partial charge on any atom is -0.496 e. The second kappa shape index (κ2) is 7.86. The predicted molar refractivity (Wildman–Crippen MR) is 98.7 cm³/mol. The molecule has 3 rings (SSSR count). The predicted octanol–water partition coefficient (Wildman–Crippen LogP) is 5.16. The van der Waals surface area contributed by atoms with E-state index in [0.29, 0.717) is 34.3 Å². The van der Waals surface area contributed by atoms with Crippen LogP contribution in [-0.4, -0.2) is 12.9 Å². The van der Waals surface area contributed by atoms with Crippen LogP contribution in [0.1, 0.15) is 21.5 Å². The fourth-order valence-corrected chi connectivity index (χ4v) is 2.61. The summed E-state index contributed by atoms with van der Waals surface area (Å²) in [6.45, 7) is 0.292. The second-order valence-electron chi connectivity index (χ2n) is 5.46. The van der Waals surface area contributed by atoms with E-state index < -0.39 is 0 Å². The Bertz CT molecular complexity index is 858. The Labute approximate surface area is 151 Å². The second-order valence-corrected chi connectivity index (χ2v) is 5.90. The van der Waals surface area contributed by atoms with Gasteiger partial charge in [-0.2, -0.15) is 0 Å². The molecule has 0 saturated heterocycles. The Balaban J connectivity index is 1.82. The number of halogens is 1. The number of hydrogen-bond acceptors (Lipinski definition) is 3. The summed E-state index contributed by atoms with van der Waals surface area (Å²) in [4.78, 5) is 12.6. The molecule has 3 nitrogen and oxygen atoms in total. The molecule has 0 amide bonds. The molecule has 3 aromatic carbocycles. The lowest BCUT2D eigenvalue weighted by molar-refractivity contribution is 0.103. The van der Waals surface area contributed by atoms with Gasteiger partial charge in [-0.15, -0.1) is 0 Å². The number of ketones is 1. The smallest absolute Gasteiger partial charge is 0.193 e. The van der Waals surface area contributed by atoms with Crippen molar-refractivity contribution in [3.05, 3.63) is 94.5 Å². The molecule has 0 fully saturated rings. The van der Waals surface area contributed by atoms with E-state index in [4.69, 9.17) is 21.1 Å². The molecular formula is C21H17ClO3. The van der Waals surface area contributed by atoms with Crippen LogP contribution in [0.15, 0.2) is 72.8 Å². The summed E-state index contributed by atoms with van der Waals surface area (Å²) in [6, 6.07) is 21.7. The molecule has 0 unspecified atom stereocenters. The van der Waals surface area contributed by atoms with E-state index in [0.717, 1.165) is 5.56 Å². The lowest BCUT2D eigenvalue weighted by Crippen LogP contribution is -2.05. The molecule has 25 heavy (non-hydrogen) atoms. The van der Waals surface area contributed by atoms with Crippen LogP contribution in [-0.2, 0) is 6.61 Å². The molecular weight excluding hydrogens is 336 g/mol. The maximum absolute atomic E-state index is 12.6. The van der Waals surface area contributed by atoms with Crippen LogP contribution < -0.4 is 9.47 Å². The van der Waals surface area contributed by atoms with Gasteiger partial charge in [0, 0.05) is 21.7 Å². The topological polar surface area (TPSA) is 35.5 Å². The highest BCUT2D eigenvalue weighted by Gasteiger charge is 2.12. The Hall–Kier alpha value is -2.78. The van der Waals surface area contributed by atoms with Gasteiger partial charge in [-0.05, 0) is 42.5 Å². The first-order valence-electron chi connectivity index (χ1n) is 7.82. The third-order valence-corrected chi connectivity index (χ3v) is 4.04. The van der Waals surface area contributed by atoms with Gasteiger partial charge in [-0.3, -0.25) is 4.79 Å². The third kappa shape index (κ3) is 4.20.